The average molecular weight is 243 g/mol. The number of carbonyl (C=O) groups is 1. The number of nitrogens with two attached hydrogens (primary N) is 1. The minimum Gasteiger partial charge on any atom is -0.465 e. The van der Waals surface area contributed by atoms with Gasteiger partial charge in [-0.05, 0) is 42.1 Å². The highest BCUT2D eigenvalue weighted by molar-refractivity contribution is 6.00. The lowest BCUT2D eigenvalue weighted by molar-refractivity contribution is 0.0602. The lowest BCUT2D eigenvalue weighted by Gasteiger charge is -2.00. The van der Waals surface area contributed by atoms with Crippen molar-refractivity contribution in [3.63, 3.8) is 0 Å². The standard InChI is InChI=1S/C15H17NO2/c1-18-15(17)14-10-11(6-5-9-16)12-7-3-2-4-8-13(12)14/h2-4,7-8,10H,5-6,9,16H2,1H3. The Bertz CT molecular complexity index is 522. The lowest BCUT2D eigenvalue weighted by atomic mass is 10.1. The first-order valence-corrected chi connectivity index (χ1v) is 6.07. The normalized spacial score (nSPS) is 10.6. The molecular weight excluding hydrogens is 226 g/mol. The molecule has 0 saturated heterocycles. The fourth-order valence-corrected chi connectivity index (χ4v) is 2.17. The maximum Gasteiger partial charge on any atom is 0.338 e. The molecule has 0 fully saturated rings. The number of methoxy groups -OCH3 is 1. The van der Waals surface area contributed by atoms with Gasteiger partial charge in [0.2, 0.25) is 0 Å². The van der Waals surface area contributed by atoms with Crippen LogP contribution in [0.3, 0.4) is 0 Å². The number of ether oxygens (including phenoxy) is 1. The zero-order valence-corrected chi connectivity index (χ0v) is 10.5. The molecule has 2 N–H and O–H groups in total. The molecule has 0 aromatic heterocycles. The summed E-state index contributed by atoms with van der Waals surface area (Å²) in [5.74, 6) is -0.287. The van der Waals surface area contributed by atoms with Crippen LogP contribution in [0.1, 0.15) is 22.3 Å². The summed E-state index contributed by atoms with van der Waals surface area (Å²) >= 11 is 0. The van der Waals surface area contributed by atoms with E-state index < -0.39 is 0 Å². The first kappa shape index (κ1) is 12.6. The molecule has 2 rings (SSSR count). The molecule has 18 heavy (non-hydrogen) atoms. The minimum atomic E-state index is -0.287. The lowest BCUT2D eigenvalue weighted by Crippen LogP contribution is -2.00. The van der Waals surface area contributed by atoms with Crippen molar-refractivity contribution in [2.75, 3.05) is 13.7 Å². The molecule has 0 atom stereocenters. The van der Waals surface area contributed by atoms with E-state index in [9.17, 15) is 4.79 Å². The number of carbonyl (C=O) groups excluding carboxylic acids is 1. The average Bonchev–Trinajstić information content (AvgIpc) is 2.58. The second kappa shape index (κ2) is 5.65. The van der Waals surface area contributed by atoms with Gasteiger partial charge < -0.3 is 10.5 Å². The van der Waals surface area contributed by atoms with Crippen molar-refractivity contribution in [1.29, 1.82) is 0 Å². The Morgan fingerprint density at radius 2 is 1.94 bits per heavy atom. The Kier molecular flexibility index (Phi) is 3.95. The maximum atomic E-state index is 11.8. The molecule has 0 unspecified atom stereocenters. The predicted molar refractivity (Wildman–Crippen MR) is 71.8 cm³/mol. The van der Waals surface area contributed by atoms with Crippen LogP contribution >= 0.6 is 0 Å². The van der Waals surface area contributed by atoms with E-state index >= 15 is 0 Å². The summed E-state index contributed by atoms with van der Waals surface area (Å²) in [5, 5.41) is 0. The van der Waals surface area contributed by atoms with Gasteiger partial charge in [0, 0.05) is 0 Å². The predicted octanol–water partition coefficient (Wildman–Crippen LogP) is 2.47. The van der Waals surface area contributed by atoms with Crippen molar-refractivity contribution in [3.8, 4) is 11.1 Å². The summed E-state index contributed by atoms with van der Waals surface area (Å²) < 4.78 is 4.83. The number of hydrogen-bond donors (Lipinski definition) is 1. The van der Waals surface area contributed by atoms with Crippen LogP contribution in [0.15, 0.2) is 36.4 Å². The Morgan fingerprint density at radius 3 is 2.61 bits per heavy atom. The Labute approximate surface area is 107 Å². The third-order valence-corrected chi connectivity index (χ3v) is 3.05. The summed E-state index contributed by atoms with van der Waals surface area (Å²) in [6.45, 7) is 0.652. The van der Waals surface area contributed by atoms with Crippen LogP contribution in [0.4, 0.5) is 0 Å². The molecule has 0 aliphatic heterocycles. The van der Waals surface area contributed by atoms with Gasteiger partial charge in [-0.3, -0.25) is 0 Å². The Hall–Kier alpha value is -1.87. The largest absolute Gasteiger partial charge is 0.465 e. The molecule has 2 aliphatic rings. The third kappa shape index (κ3) is 2.36. The van der Waals surface area contributed by atoms with Crippen molar-refractivity contribution in [2.24, 2.45) is 5.73 Å². The molecule has 0 saturated carbocycles. The van der Waals surface area contributed by atoms with E-state index in [0.717, 1.165) is 29.5 Å². The van der Waals surface area contributed by atoms with Crippen molar-refractivity contribution >= 4 is 5.97 Å². The minimum absolute atomic E-state index is 0.287. The van der Waals surface area contributed by atoms with E-state index in [2.05, 4.69) is 0 Å². The second-order valence-corrected chi connectivity index (χ2v) is 4.21. The summed E-state index contributed by atoms with van der Waals surface area (Å²) in [5.41, 5.74) is 9.39. The molecule has 0 bridgehead atoms. The van der Waals surface area contributed by atoms with Crippen molar-refractivity contribution in [1.82, 2.24) is 0 Å². The van der Waals surface area contributed by atoms with Gasteiger partial charge in [-0.25, -0.2) is 4.79 Å². The molecule has 0 radical (unpaired) electrons. The van der Waals surface area contributed by atoms with Crippen LogP contribution in [0, 0.1) is 0 Å². The van der Waals surface area contributed by atoms with Gasteiger partial charge in [0.1, 0.15) is 0 Å². The number of rotatable bonds is 4. The molecule has 3 nitrogen and oxygen atoms in total. The van der Waals surface area contributed by atoms with Crippen LogP contribution in [-0.4, -0.2) is 19.6 Å². The topological polar surface area (TPSA) is 52.3 Å². The van der Waals surface area contributed by atoms with Gasteiger partial charge >= 0.3 is 5.97 Å². The second-order valence-electron chi connectivity index (χ2n) is 4.21. The van der Waals surface area contributed by atoms with Crippen LogP contribution < -0.4 is 5.73 Å². The fraction of sp³-hybridized carbons (Fsp3) is 0.267. The van der Waals surface area contributed by atoms with Gasteiger partial charge in [0.25, 0.3) is 0 Å². The van der Waals surface area contributed by atoms with Gasteiger partial charge in [0.15, 0.2) is 0 Å². The Balaban J connectivity index is 2.50. The van der Waals surface area contributed by atoms with Crippen LogP contribution in [0.2, 0.25) is 0 Å². The number of hydrogen-bond acceptors (Lipinski definition) is 3. The summed E-state index contributed by atoms with van der Waals surface area (Å²) in [7, 11) is 1.41. The van der Waals surface area contributed by atoms with Crippen LogP contribution in [0.5, 0.6) is 0 Å². The molecule has 0 amide bonds. The number of esters is 1. The molecule has 0 heterocycles. The van der Waals surface area contributed by atoms with Gasteiger partial charge in [0.05, 0.1) is 12.7 Å². The van der Waals surface area contributed by atoms with Crippen molar-refractivity contribution < 1.29 is 9.53 Å². The van der Waals surface area contributed by atoms with Gasteiger partial charge in [-0.1, -0.05) is 30.3 Å². The van der Waals surface area contributed by atoms with E-state index in [4.69, 9.17) is 10.5 Å². The smallest absolute Gasteiger partial charge is 0.338 e. The number of aryl methyl sites for hydroxylation is 1. The summed E-state index contributed by atoms with van der Waals surface area (Å²) in [6, 6.07) is 11.8. The molecular formula is C15H17NO2. The van der Waals surface area contributed by atoms with Crippen molar-refractivity contribution in [3.05, 3.63) is 47.5 Å². The zero-order valence-electron chi connectivity index (χ0n) is 10.5. The van der Waals surface area contributed by atoms with E-state index in [1.54, 1.807) is 0 Å². The van der Waals surface area contributed by atoms with E-state index in [0.29, 0.717) is 12.1 Å². The van der Waals surface area contributed by atoms with Gasteiger partial charge in [-0.2, -0.15) is 0 Å². The van der Waals surface area contributed by atoms with E-state index in [-0.39, 0.29) is 5.97 Å². The highest BCUT2D eigenvalue weighted by Gasteiger charge is 2.19. The first-order valence-electron chi connectivity index (χ1n) is 6.07. The molecule has 2 aliphatic carbocycles. The van der Waals surface area contributed by atoms with Crippen LogP contribution in [-0.2, 0) is 11.2 Å². The molecule has 0 aromatic carbocycles. The Morgan fingerprint density at radius 1 is 1.22 bits per heavy atom. The SMILES string of the molecule is COC(=O)c1cc(CCCN)c2cccccc1-2. The van der Waals surface area contributed by atoms with Gasteiger partial charge in [-0.15, -0.1) is 0 Å². The van der Waals surface area contributed by atoms with E-state index in [1.807, 2.05) is 36.4 Å². The summed E-state index contributed by atoms with van der Waals surface area (Å²) in [4.78, 5) is 11.8. The summed E-state index contributed by atoms with van der Waals surface area (Å²) in [6.07, 6.45) is 1.80. The zero-order chi connectivity index (χ0) is 13.0. The quantitative estimate of drug-likeness (QED) is 0.839. The number of fused-ring (bicyclic) bond motifs is 1. The highest BCUT2D eigenvalue weighted by Crippen LogP contribution is 2.32. The highest BCUT2D eigenvalue weighted by atomic mass is 16.5. The third-order valence-electron chi connectivity index (χ3n) is 3.05. The van der Waals surface area contributed by atoms with Crippen LogP contribution in [0.25, 0.3) is 11.1 Å². The molecule has 0 aromatic rings. The maximum absolute atomic E-state index is 11.8. The first-order chi connectivity index (χ1) is 8.77. The van der Waals surface area contributed by atoms with E-state index in [1.165, 1.54) is 7.11 Å². The van der Waals surface area contributed by atoms with Crippen molar-refractivity contribution in [2.45, 2.75) is 12.8 Å². The molecule has 94 valence electrons. The monoisotopic (exact) mass is 243 g/mol. The molecule has 3 heteroatoms. The molecule has 0 spiro atoms. The fourth-order valence-electron chi connectivity index (χ4n) is 2.17.